The molecule has 5 heteroatoms. The minimum atomic E-state index is -0.0646. The summed E-state index contributed by atoms with van der Waals surface area (Å²) >= 11 is 1.68. The highest BCUT2D eigenvalue weighted by Crippen LogP contribution is 2.35. The lowest BCUT2D eigenvalue weighted by Gasteiger charge is -2.13. The van der Waals surface area contributed by atoms with Crippen LogP contribution in [0.1, 0.15) is 18.4 Å². The first-order valence-corrected chi connectivity index (χ1v) is 8.67. The van der Waals surface area contributed by atoms with Crippen LogP contribution in [0.4, 0.5) is 0 Å². The van der Waals surface area contributed by atoms with Gasteiger partial charge in [0.15, 0.2) is 0 Å². The molecule has 1 aliphatic carbocycles. The number of benzene rings is 1. The van der Waals surface area contributed by atoms with E-state index in [-0.39, 0.29) is 5.56 Å². The standard InChI is InChI=1S/C17H20N2O2S/c1-11-8-15(18-19(2)17(11)20)14-9-13(22-3)6-7-16(14)21-10-12-4-5-12/h6-9,12H,4-5,10H2,1-3H3. The van der Waals surface area contributed by atoms with E-state index in [0.29, 0.717) is 11.5 Å². The van der Waals surface area contributed by atoms with E-state index in [1.807, 2.05) is 25.3 Å². The molecule has 0 saturated heterocycles. The third-order valence-corrected chi connectivity index (χ3v) is 4.60. The van der Waals surface area contributed by atoms with E-state index in [2.05, 4.69) is 17.2 Å². The van der Waals surface area contributed by atoms with Gasteiger partial charge in [0.05, 0.1) is 12.3 Å². The second-order valence-electron chi connectivity index (χ2n) is 5.76. The minimum absolute atomic E-state index is 0.0646. The molecule has 0 radical (unpaired) electrons. The number of hydrogen-bond acceptors (Lipinski definition) is 4. The molecular weight excluding hydrogens is 296 g/mol. The monoisotopic (exact) mass is 316 g/mol. The maximum Gasteiger partial charge on any atom is 0.269 e. The summed E-state index contributed by atoms with van der Waals surface area (Å²) in [6.07, 6.45) is 4.56. The molecule has 0 atom stereocenters. The largest absolute Gasteiger partial charge is 0.493 e. The molecule has 0 bridgehead atoms. The Morgan fingerprint density at radius 2 is 2.14 bits per heavy atom. The average Bonchev–Trinajstić information content (AvgIpc) is 3.34. The first kappa shape index (κ1) is 15.2. The normalized spacial score (nSPS) is 14.1. The van der Waals surface area contributed by atoms with Crippen LogP contribution in [-0.2, 0) is 7.05 Å². The van der Waals surface area contributed by atoms with E-state index in [1.54, 1.807) is 18.8 Å². The van der Waals surface area contributed by atoms with Gasteiger partial charge in [-0.2, -0.15) is 5.10 Å². The summed E-state index contributed by atoms with van der Waals surface area (Å²) in [5, 5.41) is 4.40. The van der Waals surface area contributed by atoms with Crippen LogP contribution in [0.5, 0.6) is 5.75 Å². The summed E-state index contributed by atoms with van der Waals surface area (Å²) in [5.74, 6) is 1.54. The van der Waals surface area contributed by atoms with E-state index in [1.165, 1.54) is 17.5 Å². The van der Waals surface area contributed by atoms with Crippen LogP contribution in [0.3, 0.4) is 0 Å². The van der Waals surface area contributed by atoms with Gasteiger partial charge >= 0.3 is 0 Å². The second kappa shape index (κ2) is 6.16. The van der Waals surface area contributed by atoms with Crippen molar-refractivity contribution in [1.29, 1.82) is 0 Å². The van der Waals surface area contributed by atoms with Gasteiger partial charge in [-0.15, -0.1) is 11.8 Å². The number of ether oxygens (including phenoxy) is 1. The number of hydrogen-bond donors (Lipinski definition) is 0. The van der Waals surface area contributed by atoms with Gasteiger partial charge in [0.25, 0.3) is 5.56 Å². The van der Waals surface area contributed by atoms with Crippen molar-refractivity contribution >= 4 is 11.8 Å². The highest BCUT2D eigenvalue weighted by Gasteiger charge is 2.22. The molecule has 22 heavy (non-hydrogen) atoms. The zero-order valence-corrected chi connectivity index (χ0v) is 13.9. The van der Waals surface area contributed by atoms with Crippen molar-refractivity contribution in [3.8, 4) is 17.0 Å². The number of aryl methyl sites for hydroxylation is 2. The van der Waals surface area contributed by atoms with Gasteiger partial charge in [0, 0.05) is 23.1 Å². The van der Waals surface area contributed by atoms with Gasteiger partial charge in [-0.25, -0.2) is 4.68 Å². The van der Waals surface area contributed by atoms with Gasteiger partial charge < -0.3 is 4.74 Å². The van der Waals surface area contributed by atoms with Crippen LogP contribution < -0.4 is 10.3 Å². The quantitative estimate of drug-likeness (QED) is 0.794. The Kier molecular flexibility index (Phi) is 4.25. The molecule has 1 heterocycles. The van der Waals surface area contributed by atoms with Gasteiger partial charge in [-0.1, -0.05) is 0 Å². The van der Waals surface area contributed by atoms with Crippen LogP contribution >= 0.6 is 11.8 Å². The van der Waals surface area contributed by atoms with Crippen molar-refractivity contribution in [3.05, 3.63) is 40.2 Å². The Balaban J connectivity index is 2.03. The van der Waals surface area contributed by atoms with E-state index in [0.717, 1.165) is 28.5 Å². The van der Waals surface area contributed by atoms with Crippen molar-refractivity contribution in [3.63, 3.8) is 0 Å². The molecule has 116 valence electrons. The zero-order valence-electron chi connectivity index (χ0n) is 13.1. The van der Waals surface area contributed by atoms with Crippen LogP contribution in [0.15, 0.2) is 34.0 Å². The van der Waals surface area contributed by atoms with Crippen molar-refractivity contribution < 1.29 is 4.74 Å². The molecule has 0 aliphatic heterocycles. The molecule has 0 amide bonds. The van der Waals surface area contributed by atoms with Crippen molar-refractivity contribution in [2.45, 2.75) is 24.7 Å². The lowest BCUT2D eigenvalue weighted by molar-refractivity contribution is 0.300. The Morgan fingerprint density at radius 1 is 1.36 bits per heavy atom. The predicted molar refractivity (Wildman–Crippen MR) is 89.7 cm³/mol. The molecule has 1 aromatic carbocycles. The van der Waals surface area contributed by atoms with E-state index in [4.69, 9.17) is 4.74 Å². The van der Waals surface area contributed by atoms with E-state index < -0.39 is 0 Å². The predicted octanol–water partition coefficient (Wildman–Crippen LogP) is 3.27. The first-order valence-electron chi connectivity index (χ1n) is 7.44. The summed E-state index contributed by atoms with van der Waals surface area (Å²) in [5.41, 5.74) is 2.35. The lowest BCUT2D eigenvalue weighted by atomic mass is 10.1. The smallest absolute Gasteiger partial charge is 0.269 e. The number of aromatic nitrogens is 2. The molecule has 1 aliphatic rings. The maximum absolute atomic E-state index is 11.8. The van der Waals surface area contributed by atoms with Crippen LogP contribution in [-0.4, -0.2) is 22.6 Å². The van der Waals surface area contributed by atoms with Crippen LogP contribution in [0, 0.1) is 12.8 Å². The van der Waals surface area contributed by atoms with Crippen molar-refractivity contribution in [2.24, 2.45) is 13.0 Å². The second-order valence-corrected chi connectivity index (χ2v) is 6.64. The highest BCUT2D eigenvalue weighted by molar-refractivity contribution is 7.98. The molecule has 4 nitrogen and oxygen atoms in total. The lowest BCUT2D eigenvalue weighted by Crippen LogP contribution is -2.22. The molecule has 3 rings (SSSR count). The van der Waals surface area contributed by atoms with E-state index in [9.17, 15) is 4.79 Å². The highest BCUT2D eigenvalue weighted by atomic mass is 32.2. The zero-order chi connectivity index (χ0) is 15.7. The SMILES string of the molecule is CSc1ccc(OCC2CC2)c(-c2cc(C)c(=O)n(C)n2)c1. The summed E-state index contributed by atoms with van der Waals surface area (Å²) in [6.45, 7) is 2.58. The maximum atomic E-state index is 11.8. The number of rotatable bonds is 5. The molecule has 1 fully saturated rings. The van der Waals surface area contributed by atoms with Gasteiger partial charge in [-0.05, 0) is 56.2 Å². The fourth-order valence-corrected chi connectivity index (χ4v) is 2.78. The fourth-order valence-electron chi connectivity index (χ4n) is 2.34. The van der Waals surface area contributed by atoms with Crippen LogP contribution in [0.2, 0.25) is 0 Å². The summed E-state index contributed by atoms with van der Waals surface area (Å²) in [7, 11) is 1.68. The minimum Gasteiger partial charge on any atom is -0.493 e. The number of thioether (sulfide) groups is 1. The molecule has 1 aromatic heterocycles. The molecule has 2 aromatic rings. The van der Waals surface area contributed by atoms with E-state index >= 15 is 0 Å². The third-order valence-electron chi connectivity index (χ3n) is 3.88. The van der Waals surface area contributed by atoms with Gasteiger partial charge in [0.2, 0.25) is 0 Å². The van der Waals surface area contributed by atoms with Gasteiger partial charge in [0.1, 0.15) is 5.75 Å². The van der Waals surface area contributed by atoms with Crippen molar-refractivity contribution in [2.75, 3.05) is 12.9 Å². The Labute approximate surface area is 134 Å². The Hall–Kier alpha value is -1.75. The summed E-state index contributed by atoms with van der Waals surface area (Å²) in [6, 6.07) is 7.99. The molecule has 1 saturated carbocycles. The average molecular weight is 316 g/mol. The molecule has 0 spiro atoms. The molecular formula is C17H20N2O2S. The fraction of sp³-hybridized carbons (Fsp3) is 0.412. The number of nitrogens with zero attached hydrogens (tertiary/aromatic N) is 2. The Bertz CT molecular complexity index is 725. The topological polar surface area (TPSA) is 44.1 Å². The molecule has 0 unspecified atom stereocenters. The van der Waals surface area contributed by atoms with Crippen molar-refractivity contribution in [1.82, 2.24) is 9.78 Å². The summed E-state index contributed by atoms with van der Waals surface area (Å²) < 4.78 is 7.38. The molecule has 0 N–H and O–H groups in total. The Morgan fingerprint density at radius 3 is 2.77 bits per heavy atom. The van der Waals surface area contributed by atoms with Gasteiger partial charge in [-0.3, -0.25) is 4.79 Å². The summed E-state index contributed by atoms with van der Waals surface area (Å²) in [4.78, 5) is 13.0. The third kappa shape index (κ3) is 3.19. The first-order chi connectivity index (χ1) is 10.6. The van der Waals surface area contributed by atoms with Crippen LogP contribution in [0.25, 0.3) is 11.3 Å².